The second-order valence-corrected chi connectivity index (χ2v) is 5.89. The van der Waals surface area contributed by atoms with Crippen molar-refractivity contribution in [2.75, 3.05) is 6.54 Å². The summed E-state index contributed by atoms with van der Waals surface area (Å²) in [5.41, 5.74) is 0. The molecule has 0 aromatic heterocycles. The van der Waals surface area contributed by atoms with E-state index in [9.17, 15) is 9.59 Å². The summed E-state index contributed by atoms with van der Waals surface area (Å²) in [4.78, 5) is 26.6. The molecule has 0 aromatic rings. The minimum absolute atomic E-state index is 0.0212. The van der Waals surface area contributed by atoms with Crippen molar-refractivity contribution in [1.82, 2.24) is 10.2 Å². The van der Waals surface area contributed by atoms with Crippen LogP contribution in [0.15, 0.2) is 0 Å². The summed E-state index contributed by atoms with van der Waals surface area (Å²) in [7, 11) is 0. The Balaban J connectivity index is 2.73. The molecule has 116 valence electrons. The first-order chi connectivity index (χ1) is 9.56. The zero-order chi connectivity index (χ0) is 15.1. The zero-order valence-corrected chi connectivity index (χ0v) is 13.4. The fraction of sp³-hybridized carbons (Fsp3) is 0.875. The average Bonchev–Trinajstić information content (AvgIpc) is 2.45. The molecule has 1 rings (SSSR count). The number of carbonyl (C=O) groups excluding carboxylic acids is 2. The molecule has 0 spiro atoms. The molecule has 4 nitrogen and oxygen atoms in total. The van der Waals surface area contributed by atoms with E-state index >= 15 is 0 Å². The van der Waals surface area contributed by atoms with Crippen molar-refractivity contribution in [2.24, 2.45) is 5.92 Å². The van der Waals surface area contributed by atoms with E-state index in [2.05, 4.69) is 19.2 Å². The molecule has 1 saturated heterocycles. The van der Waals surface area contributed by atoms with Gasteiger partial charge in [0.1, 0.15) is 12.1 Å². The molecule has 3 atom stereocenters. The quantitative estimate of drug-likeness (QED) is 0.696. The van der Waals surface area contributed by atoms with Gasteiger partial charge in [-0.15, -0.1) is 0 Å². The van der Waals surface area contributed by atoms with E-state index in [1.807, 2.05) is 18.7 Å². The molecule has 20 heavy (non-hydrogen) atoms. The topological polar surface area (TPSA) is 49.4 Å². The highest BCUT2D eigenvalue weighted by Gasteiger charge is 2.40. The van der Waals surface area contributed by atoms with Gasteiger partial charge in [-0.1, -0.05) is 53.4 Å². The van der Waals surface area contributed by atoms with Gasteiger partial charge in [0.15, 0.2) is 0 Å². The highest BCUT2D eigenvalue weighted by atomic mass is 16.2. The van der Waals surface area contributed by atoms with Gasteiger partial charge in [-0.05, 0) is 18.8 Å². The van der Waals surface area contributed by atoms with Crippen molar-refractivity contribution < 1.29 is 9.59 Å². The van der Waals surface area contributed by atoms with Crippen LogP contribution in [-0.2, 0) is 9.59 Å². The third-order valence-electron chi connectivity index (χ3n) is 4.38. The van der Waals surface area contributed by atoms with Crippen LogP contribution in [0.3, 0.4) is 0 Å². The molecule has 0 radical (unpaired) electrons. The Bertz CT molecular complexity index is 330. The molecular formula is C16H30N2O2. The van der Waals surface area contributed by atoms with Crippen LogP contribution in [0.25, 0.3) is 0 Å². The molecule has 1 aliphatic heterocycles. The standard InChI is InChI=1S/C16H30N2O2/c1-5-8-9-10-11-18-13(7-3)15(19)17-14(16(18)20)12(4)6-2/h12-14H,5-11H2,1-4H3,(H,17,19). The second kappa shape index (κ2) is 8.28. The fourth-order valence-electron chi connectivity index (χ4n) is 2.79. The predicted octanol–water partition coefficient (Wildman–Crippen LogP) is 2.72. The Morgan fingerprint density at radius 1 is 1.15 bits per heavy atom. The SMILES string of the molecule is CCCCCCN1C(=O)C(C(C)CC)NC(=O)C1CC. The Labute approximate surface area is 123 Å². The Morgan fingerprint density at radius 3 is 2.40 bits per heavy atom. The van der Waals surface area contributed by atoms with Crippen LogP contribution in [0.5, 0.6) is 0 Å². The molecule has 1 aliphatic rings. The van der Waals surface area contributed by atoms with Crippen LogP contribution in [0, 0.1) is 5.92 Å². The fourth-order valence-corrected chi connectivity index (χ4v) is 2.79. The minimum atomic E-state index is -0.332. The lowest BCUT2D eigenvalue weighted by atomic mass is 9.93. The maximum Gasteiger partial charge on any atom is 0.246 e. The minimum Gasteiger partial charge on any atom is -0.342 e. The van der Waals surface area contributed by atoms with Crippen LogP contribution >= 0.6 is 0 Å². The van der Waals surface area contributed by atoms with E-state index in [4.69, 9.17) is 0 Å². The van der Waals surface area contributed by atoms with E-state index in [0.717, 1.165) is 25.8 Å². The van der Waals surface area contributed by atoms with Crippen molar-refractivity contribution in [3.63, 3.8) is 0 Å². The molecule has 3 unspecified atom stereocenters. The van der Waals surface area contributed by atoms with Crippen LogP contribution in [0.1, 0.15) is 66.2 Å². The van der Waals surface area contributed by atoms with Gasteiger partial charge in [0.2, 0.25) is 11.8 Å². The van der Waals surface area contributed by atoms with Gasteiger partial charge in [0, 0.05) is 6.54 Å². The molecule has 2 amide bonds. The van der Waals surface area contributed by atoms with Gasteiger partial charge < -0.3 is 10.2 Å². The van der Waals surface area contributed by atoms with Gasteiger partial charge in [0.25, 0.3) is 0 Å². The van der Waals surface area contributed by atoms with E-state index in [-0.39, 0.29) is 29.8 Å². The molecule has 0 saturated carbocycles. The zero-order valence-electron chi connectivity index (χ0n) is 13.4. The summed E-state index contributed by atoms with van der Waals surface area (Å²) in [6.07, 6.45) is 6.10. The maximum atomic E-state index is 12.6. The molecule has 4 heteroatoms. The van der Waals surface area contributed by atoms with E-state index < -0.39 is 0 Å². The lowest BCUT2D eigenvalue weighted by Crippen LogP contribution is -2.64. The van der Waals surface area contributed by atoms with E-state index in [1.165, 1.54) is 12.8 Å². The normalized spacial score (nSPS) is 24.7. The number of carbonyl (C=O) groups is 2. The van der Waals surface area contributed by atoms with Crippen LogP contribution in [-0.4, -0.2) is 35.3 Å². The summed E-state index contributed by atoms with van der Waals surface area (Å²) in [5.74, 6) is 0.331. The first-order valence-corrected chi connectivity index (χ1v) is 8.17. The number of nitrogens with zero attached hydrogens (tertiary/aromatic N) is 1. The van der Waals surface area contributed by atoms with Gasteiger partial charge in [-0.25, -0.2) is 0 Å². The number of hydrogen-bond donors (Lipinski definition) is 1. The van der Waals surface area contributed by atoms with Crippen molar-refractivity contribution in [2.45, 2.75) is 78.3 Å². The van der Waals surface area contributed by atoms with E-state index in [1.54, 1.807) is 0 Å². The molecule has 0 bridgehead atoms. The Hall–Kier alpha value is -1.06. The van der Waals surface area contributed by atoms with Crippen molar-refractivity contribution in [3.8, 4) is 0 Å². The lowest BCUT2D eigenvalue weighted by molar-refractivity contribution is -0.151. The van der Waals surface area contributed by atoms with Gasteiger partial charge in [-0.3, -0.25) is 9.59 Å². The summed E-state index contributed by atoms with van der Waals surface area (Å²) >= 11 is 0. The van der Waals surface area contributed by atoms with Crippen LogP contribution in [0.2, 0.25) is 0 Å². The lowest BCUT2D eigenvalue weighted by Gasteiger charge is -2.40. The third-order valence-corrected chi connectivity index (χ3v) is 4.38. The van der Waals surface area contributed by atoms with Crippen LogP contribution < -0.4 is 5.32 Å². The molecule has 1 heterocycles. The summed E-state index contributed by atoms with van der Waals surface area (Å²) < 4.78 is 0. The number of nitrogens with one attached hydrogen (secondary N) is 1. The molecule has 0 aliphatic carbocycles. The van der Waals surface area contributed by atoms with Gasteiger partial charge in [0.05, 0.1) is 0 Å². The molecule has 1 fully saturated rings. The average molecular weight is 282 g/mol. The van der Waals surface area contributed by atoms with Gasteiger partial charge in [-0.2, -0.15) is 0 Å². The smallest absolute Gasteiger partial charge is 0.246 e. The number of hydrogen-bond acceptors (Lipinski definition) is 2. The summed E-state index contributed by atoms with van der Waals surface area (Å²) in [6, 6.07) is -0.606. The molecular weight excluding hydrogens is 252 g/mol. The van der Waals surface area contributed by atoms with Crippen molar-refractivity contribution in [3.05, 3.63) is 0 Å². The largest absolute Gasteiger partial charge is 0.342 e. The first kappa shape index (κ1) is 17.0. The Kier molecular flexibility index (Phi) is 7.03. The number of amides is 2. The number of piperazine rings is 1. The third kappa shape index (κ3) is 3.97. The Morgan fingerprint density at radius 2 is 1.85 bits per heavy atom. The first-order valence-electron chi connectivity index (χ1n) is 8.17. The van der Waals surface area contributed by atoms with Gasteiger partial charge >= 0.3 is 0 Å². The maximum absolute atomic E-state index is 12.6. The molecule has 1 N–H and O–H groups in total. The monoisotopic (exact) mass is 282 g/mol. The summed E-state index contributed by atoms with van der Waals surface area (Å²) in [5, 5.41) is 2.92. The number of rotatable bonds is 8. The van der Waals surface area contributed by atoms with E-state index in [0.29, 0.717) is 6.42 Å². The van der Waals surface area contributed by atoms with Crippen molar-refractivity contribution >= 4 is 11.8 Å². The molecule has 0 aromatic carbocycles. The second-order valence-electron chi connectivity index (χ2n) is 5.89. The highest BCUT2D eigenvalue weighted by molar-refractivity contribution is 5.97. The van der Waals surface area contributed by atoms with Crippen molar-refractivity contribution in [1.29, 1.82) is 0 Å². The number of unbranched alkanes of at least 4 members (excludes halogenated alkanes) is 3. The summed E-state index contributed by atoms with van der Waals surface area (Å²) in [6.45, 7) is 8.96. The van der Waals surface area contributed by atoms with Crippen LogP contribution in [0.4, 0.5) is 0 Å². The highest BCUT2D eigenvalue weighted by Crippen LogP contribution is 2.20. The predicted molar refractivity (Wildman–Crippen MR) is 81.3 cm³/mol.